The number of hydrogen-bond acceptors (Lipinski definition) is 4. The van der Waals surface area contributed by atoms with E-state index in [1.807, 2.05) is 6.07 Å². The molecule has 1 aromatic carbocycles. The van der Waals surface area contributed by atoms with Gasteiger partial charge in [-0.2, -0.15) is 0 Å². The zero-order valence-electron chi connectivity index (χ0n) is 8.93. The molecule has 1 heterocycles. The van der Waals surface area contributed by atoms with Gasteiger partial charge in [0.25, 0.3) is 0 Å². The van der Waals surface area contributed by atoms with Gasteiger partial charge in [0.05, 0.1) is 11.7 Å². The molecule has 0 radical (unpaired) electrons. The van der Waals surface area contributed by atoms with Crippen molar-refractivity contribution in [2.24, 2.45) is 0 Å². The summed E-state index contributed by atoms with van der Waals surface area (Å²) in [6.07, 6.45) is 1.87. The molecule has 0 spiro atoms. The van der Waals surface area contributed by atoms with Gasteiger partial charge >= 0.3 is 5.97 Å². The number of anilines is 1. The molecule has 0 aliphatic carbocycles. The van der Waals surface area contributed by atoms with Crippen molar-refractivity contribution in [1.29, 1.82) is 0 Å². The maximum Gasteiger partial charge on any atom is 0.310 e. The summed E-state index contributed by atoms with van der Waals surface area (Å²) >= 11 is 0. The number of ether oxygens (including phenoxy) is 1. The highest BCUT2D eigenvalue weighted by molar-refractivity contribution is 5.83. The van der Waals surface area contributed by atoms with E-state index in [0.717, 1.165) is 10.9 Å². The van der Waals surface area contributed by atoms with E-state index in [0.29, 0.717) is 17.9 Å². The third kappa shape index (κ3) is 2.11. The van der Waals surface area contributed by atoms with Crippen molar-refractivity contribution in [2.75, 3.05) is 5.73 Å². The van der Waals surface area contributed by atoms with Crippen LogP contribution < -0.4 is 10.5 Å². The van der Waals surface area contributed by atoms with Crippen LogP contribution in [0.5, 0.6) is 5.75 Å². The number of carbonyl (C=O) groups excluding carboxylic acids is 1. The van der Waals surface area contributed by atoms with Crippen LogP contribution in [-0.4, -0.2) is 11.0 Å². The van der Waals surface area contributed by atoms with E-state index in [1.54, 1.807) is 25.1 Å². The third-order valence-corrected chi connectivity index (χ3v) is 2.20. The fraction of sp³-hybridized carbons (Fsp3) is 0.167. The topological polar surface area (TPSA) is 65.2 Å². The molecule has 0 bridgehead atoms. The Bertz CT molecular complexity index is 538. The van der Waals surface area contributed by atoms with Gasteiger partial charge in [0, 0.05) is 17.5 Å². The Hall–Kier alpha value is -2.10. The molecule has 0 aliphatic rings. The quantitative estimate of drug-likeness (QED) is 0.617. The lowest BCUT2D eigenvalue weighted by atomic mass is 10.2. The number of nitrogens with zero attached hydrogens (tertiary/aromatic N) is 1. The smallest absolute Gasteiger partial charge is 0.310 e. The Kier molecular flexibility index (Phi) is 2.72. The average Bonchev–Trinajstić information content (AvgIpc) is 2.29. The SMILES string of the molecule is CCC(=O)Oc1cnc2cc(N)ccc2c1. The standard InChI is InChI=1S/C12H12N2O2/c1-2-12(15)16-10-5-8-3-4-9(13)6-11(8)14-7-10/h3-7H,2,13H2,1H3. The van der Waals surface area contributed by atoms with Crippen molar-refractivity contribution in [2.45, 2.75) is 13.3 Å². The van der Waals surface area contributed by atoms with E-state index < -0.39 is 0 Å². The summed E-state index contributed by atoms with van der Waals surface area (Å²) in [6, 6.07) is 7.19. The van der Waals surface area contributed by atoms with Gasteiger partial charge in [0.15, 0.2) is 0 Å². The number of carbonyl (C=O) groups is 1. The molecule has 0 saturated carbocycles. The highest BCUT2D eigenvalue weighted by Crippen LogP contribution is 2.20. The van der Waals surface area contributed by atoms with Crippen LogP contribution in [0.25, 0.3) is 10.9 Å². The normalized spacial score (nSPS) is 10.3. The molecule has 0 aliphatic heterocycles. The van der Waals surface area contributed by atoms with Gasteiger partial charge < -0.3 is 10.5 Å². The van der Waals surface area contributed by atoms with Crippen LogP contribution in [-0.2, 0) is 4.79 Å². The first-order chi connectivity index (χ1) is 7.69. The lowest BCUT2D eigenvalue weighted by molar-refractivity contribution is -0.134. The van der Waals surface area contributed by atoms with Gasteiger partial charge in [-0.05, 0) is 18.2 Å². The fourth-order valence-corrected chi connectivity index (χ4v) is 1.38. The summed E-state index contributed by atoms with van der Waals surface area (Å²) in [7, 11) is 0. The van der Waals surface area contributed by atoms with Gasteiger partial charge in [-0.1, -0.05) is 13.0 Å². The largest absolute Gasteiger partial charge is 0.425 e. The summed E-state index contributed by atoms with van der Waals surface area (Å²) in [5.74, 6) is 0.195. The van der Waals surface area contributed by atoms with Crippen LogP contribution in [0, 0.1) is 0 Å². The molecule has 16 heavy (non-hydrogen) atoms. The second-order valence-corrected chi connectivity index (χ2v) is 3.45. The molecule has 0 unspecified atom stereocenters. The van der Waals surface area contributed by atoms with Crippen LogP contribution in [0.15, 0.2) is 30.5 Å². The summed E-state index contributed by atoms with van der Waals surface area (Å²) in [4.78, 5) is 15.3. The number of rotatable bonds is 2. The first kappa shape index (κ1) is 10.4. The molecule has 0 amide bonds. The first-order valence-electron chi connectivity index (χ1n) is 5.05. The molecule has 0 saturated heterocycles. The lowest BCUT2D eigenvalue weighted by Crippen LogP contribution is -2.05. The fourth-order valence-electron chi connectivity index (χ4n) is 1.38. The second kappa shape index (κ2) is 4.18. The number of hydrogen-bond donors (Lipinski definition) is 1. The zero-order valence-corrected chi connectivity index (χ0v) is 8.93. The van der Waals surface area contributed by atoms with Crippen LogP contribution in [0.2, 0.25) is 0 Å². The predicted molar refractivity (Wildman–Crippen MR) is 62.1 cm³/mol. The minimum Gasteiger partial charge on any atom is -0.425 e. The number of benzene rings is 1. The van der Waals surface area contributed by atoms with Crippen molar-refractivity contribution in [1.82, 2.24) is 4.98 Å². The van der Waals surface area contributed by atoms with Crippen LogP contribution in [0.4, 0.5) is 5.69 Å². The van der Waals surface area contributed by atoms with Crippen LogP contribution >= 0.6 is 0 Å². The average molecular weight is 216 g/mol. The Balaban J connectivity index is 2.37. The Labute approximate surface area is 93.0 Å². The second-order valence-electron chi connectivity index (χ2n) is 3.45. The molecule has 0 atom stereocenters. The molecule has 0 fully saturated rings. The van der Waals surface area contributed by atoms with E-state index in [-0.39, 0.29) is 5.97 Å². The van der Waals surface area contributed by atoms with Crippen molar-refractivity contribution in [3.05, 3.63) is 30.5 Å². The van der Waals surface area contributed by atoms with Crippen molar-refractivity contribution in [3.8, 4) is 5.75 Å². The summed E-state index contributed by atoms with van der Waals surface area (Å²) in [5, 5.41) is 0.899. The van der Waals surface area contributed by atoms with Crippen molar-refractivity contribution >= 4 is 22.6 Å². The van der Waals surface area contributed by atoms with E-state index >= 15 is 0 Å². The highest BCUT2D eigenvalue weighted by atomic mass is 16.5. The van der Waals surface area contributed by atoms with Gasteiger partial charge in [-0.15, -0.1) is 0 Å². The summed E-state index contributed by atoms with van der Waals surface area (Å²) in [5.41, 5.74) is 7.09. The minimum absolute atomic E-state index is 0.267. The first-order valence-corrected chi connectivity index (χ1v) is 5.05. The molecule has 4 nitrogen and oxygen atoms in total. The Morgan fingerprint density at radius 1 is 1.44 bits per heavy atom. The Morgan fingerprint density at radius 2 is 2.25 bits per heavy atom. The lowest BCUT2D eigenvalue weighted by Gasteiger charge is -2.04. The van der Waals surface area contributed by atoms with Gasteiger partial charge in [-0.3, -0.25) is 9.78 Å². The number of aromatic nitrogens is 1. The van der Waals surface area contributed by atoms with E-state index in [9.17, 15) is 4.79 Å². The van der Waals surface area contributed by atoms with Gasteiger partial charge in [0.2, 0.25) is 0 Å². The number of nitrogen functional groups attached to an aromatic ring is 1. The molecule has 4 heteroatoms. The van der Waals surface area contributed by atoms with E-state index in [2.05, 4.69) is 4.98 Å². The number of nitrogens with two attached hydrogens (primary N) is 1. The van der Waals surface area contributed by atoms with Crippen LogP contribution in [0.3, 0.4) is 0 Å². The van der Waals surface area contributed by atoms with E-state index in [4.69, 9.17) is 10.5 Å². The molecule has 1 aromatic heterocycles. The molecule has 2 aromatic rings. The maximum atomic E-state index is 11.1. The number of esters is 1. The monoisotopic (exact) mass is 216 g/mol. The summed E-state index contributed by atoms with van der Waals surface area (Å²) in [6.45, 7) is 1.75. The summed E-state index contributed by atoms with van der Waals surface area (Å²) < 4.78 is 5.07. The predicted octanol–water partition coefficient (Wildman–Crippen LogP) is 2.13. The number of fused-ring (bicyclic) bond motifs is 1. The van der Waals surface area contributed by atoms with Crippen molar-refractivity contribution < 1.29 is 9.53 Å². The van der Waals surface area contributed by atoms with Crippen molar-refractivity contribution in [3.63, 3.8) is 0 Å². The van der Waals surface area contributed by atoms with E-state index in [1.165, 1.54) is 6.20 Å². The number of pyridine rings is 1. The molecular weight excluding hydrogens is 204 g/mol. The molecular formula is C12H12N2O2. The minimum atomic E-state index is -0.267. The van der Waals surface area contributed by atoms with Gasteiger partial charge in [0.1, 0.15) is 5.75 Å². The zero-order chi connectivity index (χ0) is 11.5. The van der Waals surface area contributed by atoms with Crippen LogP contribution in [0.1, 0.15) is 13.3 Å². The maximum absolute atomic E-state index is 11.1. The Morgan fingerprint density at radius 3 is 3.00 bits per heavy atom. The molecule has 82 valence electrons. The highest BCUT2D eigenvalue weighted by Gasteiger charge is 2.03. The molecule has 2 rings (SSSR count). The third-order valence-electron chi connectivity index (χ3n) is 2.20. The molecule has 2 N–H and O–H groups in total. The van der Waals surface area contributed by atoms with Gasteiger partial charge in [-0.25, -0.2) is 0 Å².